The van der Waals surface area contributed by atoms with Crippen molar-refractivity contribution >= 4 is 0 Å². The highest BCUT2D eigenvalue weighted by Gasteiger charge is 2.20. The van der Waals surface area contributed by atoms with E-state index in [1.165, 1.54) is 74.6 Å². The molecule has 0 atom stereocenters. The summed E-state index contributed by atoms with van der Waals surface area (Å²) in [5.41, 5.74) is 3.52. The molecule has 2 aromatic rings. The number of halogens is 2. The minimum Gasteiger partial charge on any atom is -0.204 e. The topological polar surface area (TPSA) is 0 Å². The third-order valence-corrected chi connectivity index (χ3v) is 6.21. The first-order valence-corrected chi connectivity index (χ1v) is 10.7. The van der Waals surface area contributed by atoms with Gasteiger partial charge in [0, 0.05) is 0 Å². The molecule has 0 amide bonds. The maximum atomic E-state index is 13.3. The third kappa shape index (κ3) is 6.16. The smallest absolute Gasteiger partial charge is 0.159 e. The highest BCUT2D eigenvalue weighted by Crippen LogP contribution is 2.33. The van der Waals surface area contributed by atoms with Gasteiger partial charge in [0.15, 0.2) is 11.6 Å². The number of benzene rings is 2. The Morgan fingerprint density at radius 3 is 1.78 bits per heavy atom. The van der Waals surface area contributed by atoms with Crippen LogP contribution in [0.2, 0.25) is 0 Å². The summed E-state index contributed by atoms with van der Waals surface area (Å²) < 4.78 is 26.3. The average Bonchev–Trinajstić information content (AvgIpc) is 2.69. The van der Waals surface area contributed by atoms with Crippen LogP contribution in [0.4, 0.5) is 8.78 Å². The Bertz CT molecular complexity index is 697. The van der Waals surface area contributed by atoms with E-state index in [0.717, 1.165) is 30.2 Å². The summed E-state index contributed by atoms with van der Waals surface area (Å²) in [6.45, 7) is 2.30. The van der Waals surface area contributed by atoms with E-state index in [2.05, 4.69) is 31.2 Å². The second-order valence-electron chi connectivity index (χ2n) is 8.28. The normalized spacial score (nSPS) is 20.0. The van der Waals surface area contributed by atoms with E-state index >= 15 is 0 Å². The zero-order valence-corrected chi connectivity index (χ0v) is 16.5. The van der Waals surface area contributed by atoms with Crippen LogP contribution in [0.25, 0.3) is 0 Å². The predicted molar refractivity (Wildman–Crippen MR) is 109 cm³/mol. The molecule has 1 aliphatic rings. The van der Waals surface area contributed by atoms with Crippen molar-refractivity contribution in [1.82, 2.24) is 0 Å². The molecular formula is C25H32F2. The van der Waals surface area contributed by atoms with Gasteiger partial charge in [0.05, 0.1) is 0 Å². The van der Waals surface area contributed by atoms with Gasteiger partial charge in [0.25, 0.3) is 0 Å². The monoisotopic (exact) mass is 370 g/mol. The first kappa shape index (κ1) is 20.0. The lowest BCUT2D eigenvalue weighted by Gasteiger charge is -2.28. The number of rotatable bonds is 8. The van der Waals surface area contributed by atoms with Gasteiger partial charge in [-0.3, -0.25) is 0 Å². The summed E-state index contributed by atoms with van der Waals surface area (Å²) in [6, 6.07) is 13.0. The molecule has 0 aliphatic heterocycles. The van der Waals surface area contributed by atoms with Crippen molar-refractivity contribution < 1.29 is 8.78 Å². The number of hydrogen-bond acceptors (Lipinski definition) is 0. The van der Waals surface area contributed by atoms with Gasteiger partial charge < -0.3 is 0 Å². The van der Waals surface area contributed by atoms with Gasteiger partial charge in [-0.15, -0.1) is 0 Å². The van der Waals surface area contributed by atoms with Gasteiger partial charge in [-0.2, -0.15) is 0 Å². The van der Waals surface area contributed by atoms with Crippen molar-refractivity contribution in [2.24, 2.45) is 11.8 Å². The van der Waals surface area contributed by atoms with Crippen LogP contribution < -0.4 is 0 Å². The minimum atomic E-state index is -0.776. The Balaban J connectivity index is 1.41. The van der Waals surface area contributed by atoms with E-state index in [0.29, 0.717) is 0 Å². The van der Waals surface area contributed by atoms with Crippen LogP contribution in [0.15, 0.2) is 42.5 Å². The van der Waals surface area contributed by atoms with Gasteiger partial charge in [-0.25, -0.2) is 8.78 Å². The first-order valence-electron chi connectivity index (χ1n) is 10.7. The molecule has 146 valence electrons. The molecule has 2 heteroatoms. The minimum absolute atomic E-state index is 0.734. The number of aryl methyl sites for hydroxylation is 3. The molecule has 0 N–H and O–H groups in total. The van der Waals surface area contributed by atoms with Gasteiger partial charge in [-0.05, 0) is 66.3 Å². The average molecular weight is 371 g/mol. The Morgan fingerprint density at radius 1 is 0.667 bits per heavy atom. The predicted octanol–water partition coefficient (Wildman–Crippen LogP) is 7.29. The summed E-state index contributed by atoms with van der Waals surface area (Å²) >= 11 is 0. The fourth-order valence-electron chi connectivity index (χ4n) is 4.44. The Morgan fingerprint density at radius 2 is 1.19 bits per heavy atom. The lowest BCUT2D eigenvalue weighted by molar-refractivity contribution is 0.252. The molecule has 0 saturated heterocycles. The zero-order chi connectivity index (χ0) is 19.1. The van der Waals surface area contributed by atoms with E-state index in [1.54, 1.807) is 6.07 Å². The van der Waals surface area contributed by atoms with Crippen molar-refractivity contribution in [3.05, 3.63) is 70.8 Å². The quantitative estimate of drug-likeness (QED) is 0.458. The van der Waals surface area contributed by atoms with Crippen LogP contribution >= 0.6 is 0 Å². The molecule has 27 heavy (non-hydrogen) atoms. The maximum Gasteiger partial charge on any atom is 0.159 e. The van der Waals surface area contributed by atoms with Crippen LogP contribution in [-0.4, -0.2) is 0 Å². The highest BCUT2D eigenvalue weighted by atomic mass is 19.2. The van der Waals surface area contributed by atoms with E-state index in [9.17, 15) is 8.78 Å². The Hall–Kier alpha value is -1.70. The maximum absolute atomic E-state index is 13.3. The second-order valence-corrected chi connectivity index (χ2v) is 8.28. The number of hydrogen-bond donors (Lipinski definition) is 0. The first-order chi connectivity index (χ1) is 13.1. The SMILES string of the molecule is CCC[C@H]1CC[C@H](CCc2ccc(CCc3ccc(F)c(F)c3)cc2)CC1. The molecule has 2 aromatic carbocycles. The Labute approximate surface area is 163 Å². The molecule has 0 bridgehead atoms. The molecule has 1 fully saturated rings. The van der Waals surface area contributed by atoms with E-state index in [-0.39, 0.29) is 0 Å². The largest absolute Gasteiger partial charge is 0.204 e. The van der Waals surface area contributed by atoms with Crippen LogP contribution in [0.3, 0.4) is 0 Å². The summed E-state index contributed by atoms with van der Waals surface area (Å²) in [5.74, 6) is 0.361. The zero-order valence-electron chi connectivity index (χ0n) is 16.5. The van der Waals surface area contributed by atoms with Crippen molar-refractivity contribution in [2.45, 2.75) is 71.1 Å². The fourth-order valence-corrected chi connectivity index (χ4v) is 4.44. The molecule has 3 rings (SSSR count). The van der Waals surface area contributed by atoms with Crippen LogP contribution in [0.5, 0.6) is 0 Å². The van der Waals surface area contributed by atoms with Crippen LogP contribution in [-0.2, 0) is 19.3 Å². The van der Waals surface area contributed by atoms with Crippen LogP contribution in [0, 0.1) is 23.5 Å². The lowest BCUT2D eigenvalue weighted by atomic mass is 9.78. The molecule has 0 radical (unpaired) electrons. The van der Waals surface area contributed by atoms with E-state index in [1.807, 2.05) is 0 Å². The molecule has 0 unspecified atom stereocenters. The molecule has 0 heterocycles. The van der Waals surface area contributed by atoms with E-state index in [4.69, 9.17) is 0 Å². The standard InChI is InChI=1S/C25H32F2/c1-2-3-19-4-6-20(7-5-19)8-9-21-10-12-22(13-11-21)14-15-23-16-17-24(26)25(27)18-23/h10-13,16-20H,2-9,14-15H2,1H3/t19-,20-. The fraction of sp³-hybridized carbons (Fsp3) is 0.520. The molecule has 1 aliphatic carbocycles. The van der Waals surface area contributed by atoms with Crippen LogP contribution in [0.1, 0.15) is 68.6 Å². The molecule has 0 spiro atoms. The van der Waals surface area contributed by atoms with Crippen molar-refractivity contribution in [3.8, 4) is 0 Å². The van der Waals surface area contributed by atoms with Gasteiger partial charge in [0.1, 0.15) is 0 Å². The van der Waals surface area contributed by atoms with Crippen molar-refractivity contribution in [2.75, 3.05) is 0 Å². The summed E-state index contributed by atoms with van der Waals surface area (Å²) in [7, 11) is 0. The molecular weight excluding hydrogens is 338 g/mol. The van der Waals surface area contributed by atoms with Crippen molar-refractivity contribution in [1.29, 1.82) is 0 Å². The molecule has 1 saturated carbocycles. The Kier molecular flexibility index (Phi) is 7.43. The van der Waals surface area contributed by atoms with Gasteiger partial charge in [-0.1, -0.05) is 75.8 Å². The summed E-state index contributed by atoms with van der Waals surface area (Å²) in [4.78, 5) is 0. The molecule has 0 nitrogen and oxygen atoms in total. The highest BCUT2D eigenvalue weighted by molar-refractivity contribution is 5.25. The van der Waals surface area contributed by atoms with E-state index < -0.39 is 11.6 Å². The second kappa shape index (κ2) is 10.0. The summed E-state index contributed by atoms with van der Waals surface area (Å²) in [5, 5.41) is 0. The van der Waals surface area contributed by atoms with Crippen molar-refractivity contribution in [3.63, 3.8) is 0 Å². The lowest BCUT2D eigenvalue weighted by Crippen LogP contribution is -2.15. The summed E-state index contributed by atoms with van der Waals surface area (Å²) in [6.07, 6.45) is 12.5. The van der Waals surface area contributed by atoms with Gasteiger partial charge >= 0.3 is 0 Å². The third-order valence-electron chi connectivity index (χ3n) is 6.21. The van der Waals surface area contributed by atoms with Gasteiger partial charge in [0.2, 0.25) is 0 Å². The molecule has 0 aromatic heterocycles.